The van der Waals surface area contributed by atoms with E-state index in [0.717, 1.165) is 16.5 Å². The highest BCUT2D eigenvalue weighted by Gasteiger charge is 2.20. The summed E-state index contributed by atoms with van der Waals surface area (Å²) in [6.45, 7) is 4.14. The van der Waals surface area contributed by atoms with Gasteiger partial charge in [0.2, 0.25) is 5.91 Å². The third-order valence-corrected chi connectivity index (χ3v) is 3.04. The van der Waals surface area contributed by atoms with Crippen LogP contribution in [0.15, 0.2) is 18.2 Å². The average Bonchev–Trinajstić information content (AvgIpc) is 2.78. The number of aryl methyl sites for hydroxylation is 1. The van der Waals surface area contributed by atoms with Gasteiger partial charge < -0.3 is 20.4 Å². The summed E-state index contributed by atoms with van der Waals surface area (Å²) in [5.41, 5.74) is 2.55. The van der Waals surface area contributed by atoms with Crippen molar-refractivity contribution in [1.82, 2.24) is 10.3 Å². The second-order valence-electron chi connectivity index (χ2n) is 4.72. The fraction of sp³-hybridized carbons (Fsp3) is 0.333. The number of carbonyl (C=O) groups excluding carboxylic acids is 2. The molecule has 0 spiro atoms. The summed E-state index contributed by atoms with van der Waals surface area (Å²) >= 11 is 0. The predicted octanol–water partition coefficient (Wildman–Crippen LogP) is 1.81. The third-order valence-electron chi connectivity index (χ3n) is 3.04. The number of aromatic amines is 1. The largest absolute Gasteiger partial charge is 0.461 e. The molecule has 1 aromatic heterocycles. The number of benzene rings is 1. The Bertz CT molecular complexity index is 676. The highest BCUT2D eigenvalue weighted by Crippen LogP contribution is 2.29. The summed E-state index contributed by atoms with van der Waals surface area (Å²) in [6, 6.07) is 5.73. The van der Waals surface area contributed by atoms with Gasteiger partial charge in [-0.3, -0.25) is 4.79 Å². The predicted molar refractivity (Wildman–Crippen MR) is 81.5 cm³/mol. The summed E-state index contributed by atoms with van der Waals surface area (Å²) in [4.78, 5) is 26.9. The molecule has 0 saturated heterocycles. The zero-order chi connectivity index (χ0) is 15.4. The number of esters is 1. The maximum atomic E-state index is 12.0. The summed E-state index contributed by atoms with van der Waals surface area (Å²) in [5, 5.41) is 6.34. The van der Waals surface area contributed by atoms with Gasteiger partial charge >= 0.3 is 5.97 Å². The van der Waals surface area contributed by atoms with Crippen LogP contribution in [0, 0.1) is 6.92 Å². The van der Waals surface area contributed by atoms with E-state index in [9.17, 15) is 9.59 Å². The number of fused-ring (bicyclic) bond motifs is 1. The number of carbonyl (C=O) groups is 2. The van der Waals surface area contributed by atoms with Crippen LogP contribution in [0.5, 0.6) is 0 Å². The molecule has 6 nitrogen and oxygen atoms in total. The van der Waals surface area contributed by atoms with E-state index in [0.29, 0.717) is 5.69 Å². The number of anilines is 1. The summed E-state index contributed by atoms with van der Waals surface area (Å²) in [6.07, 6.45) is 0. The monoisotopic (exact) mass is 289 g/mol. The summed E-state index contributed by atoms with van der Waals surface area (Å²) in [7, 11) is 1.69. The standard InChI is InChI=1S/C15H19N3O3/c1-4-21-15(20)14-13(18-12(19)8-16-3)10-7-9(2)5-6-11(10)17-14/h5-7,16-17H,4,8H2,1-3H3,(H,18,19). The van der Waals surface area contributed by atoms with Crippen molar-refractivity contribution in [3.8, 4) is 0 Å². The van der Waals surface area contributed by atoms with Crippen LogP contribution in [0.25, 0.3) is 10.9 Å². The fourth-order valence-corrected chi connectivity index (χ4v) is 2.14. The Morgan fingerprint density at radius 1 is 1.33 bits per heavy atom. The summed E-state index contributed by atoms with van der Waals surface area (Å²) < 4.78 is 5.03. The first-order valence-corrected chi connectivity index (χ1v) is 6.80. The highest BCUT2D eigenvalue weighted by atomic mass is 16.5. The Kier molecular flexibility index (Phi) is 4.59. The van der Waals surface area contributed by atoms with Crippen molar-refractivity contribution in [2.24, 2.45) is 0 Å². The van der Waals surface area contributed by atoms with Crippen molar-refractivity contribution in [1.29, 1.82) is 0 Å². The zero-order valence-corrected chi connectivity index (χ0v) is 12.4. The average molecular weight is 289 g/mol. The number of rotatable bonds is 5. The molecule has 3 N–H and O–H groups in total. The lowest BCUT2D eigenvalue weighted by Gasteiger charge is -2.07. The Morgan fingerprint density at radius 3 is 2.76 bits per heavy atom. The van der Waals surface area contributed by atoms with Crippen LogP contribution in [0.3, 0.4) is 0 Å². The van der Waals surface area contributed by atoms with Crippen LogP contribution in [0.4, 0.5) is 5.69 Å². The Balaban J connectivity index is 2.50. The van der Waals surface area contributed by atoms with Gasteiger partial charge in [-0.25, -0.2) is 4.79 Å². The SMILES string of the molecule is CCOC(=O)c1[nH]c2ccc(C)cc2c1NC(=O)CNC. The molecular weight excluding hydrogens is 270 g/mol. The molecular formula is C15H19N3O3. The second kappa shape index (κ2) is 6.41. The van der Waals surface area contributed by atoms with Gasteiger partial charge in [0.05, 0.1) is 18.8 Å². The van der Waals surface area contributed by atoms with E-state index in [-0.39, 0.29) is 24.8 Å². The number of ether oxygens (including phenoxy) is 1. The summed E-state index contributed by atoms with van der Waals surface area (Å²) in [5.74, 6) is -0.698. The molecule has 0 aliphatic carbocycles. The molecule has 21 heavy (non-hydrogen) atoms. The van der Waals surface area contributed by atoms with Crippen LogP contribution >= 0.6 is 0 Å². The number of H-pyrrole nitrogens is 1. The minimum absolute atomic E-state index is 0.167. The topological polar surface area (TPSA) is 83.2 Å². The maximum absolute atomic E-state index is 12.0. The molecule has 0 bridgehead atoms. The third kappa shape index (κ3) is 3.22. The van der Waals surface area contributed by atoms with Crippen molar-refractivity contribution in [3.05, 3.63) is 29.5 Å². The minimum Gasteiger partial charge on any atom is -0.461 e. The van der Waals surface area contributed by atoms with Gasteiger partial charge in [-0.2, -0.15) is 0 Å². The van der Waals surface area contributed by atoms with Crippen molar-refractivity contribution < 1.29 is 14.3 Å². The van der Waals surface area contributed by atoms with E-state index < -0.39 is 5.97 Å². The Hall–Kier alpha value is -2.34. The lowest BCUT2D eigenvalue weighted by Crippen LogP contribution is -2.25. The highest BCUT2D eigenvalue weighted by molar-refractivity contribution is 6.11. The van der Waals surface area contributed by atoms with E-state index in [1.807, 2.05) is 25.1 Å². The molecule has 0 fully saturated rings. The molecule has 1 amide bonds. The van der Waals surface area contributed by atoms with E-state index in [1.54, 1.807) is 14.0 Å². The van der Waals surface area contributed by atoms with E-state index in [2.05, 4.69) is 15.6 Å². The van der Waals surface area contributed by atoms with Crippen LogP contribution in [0.1, 0.15) is 23.0 Å². The molecule has 0 radical (unpaired) electrons. The molecule has 112 valence electrons. The fourth-order valence-electron chi connectivity index (χ4n) is 2.14. The number of nitrogens with one attached hydrogen (secondary N) is 3. The molecule has 2 aromatic rings. The van der Waals surface area contributed by atoms with Crippen molar-refractivity contribution in [2.45, 2.75) is 13.8 Å². The molecule has 6 heteroatoms. The van der Waals surface area contributed by atoms with E-state index >= 15 is 0 Å². The van der Waals surface area contributed by atoms with Crippen LogP contribution in [-0.4, -0.2) is 37.1 Å². The molecule has 0 aliphatic heterocycles. The van der Waals surface area contributed by atoms with Crippen molar-refractivity contribution >= 4 is 28.5 Å². The molecule has 0 saturated carbocycles. The zero-order valence-electron chi connectivity index (χ0n) is 12.4. The van der Waals surface area contributed by atoms with Crippen molar-refractivity contribution in [3.63, 3.8) is 0 Å². The van der Waals surface area contributed by atoms with Crippen molar-refractivity contribution in [2.75, 3.05) is 25.5 Å². The van der Waals surface area contributed by atoms with Gasteiger partial charge in [-0.15, -0.1) is 0 Å². The normalized spacial score (nSPS) is 10.6. The lowest BCUT2D eigenvalue weighted by molar-refractivity contribution is -0.115. The smallest absolute Gasteiger partial charge is 0.356 e. The first-order chi connectivity index (χ1) is 10.1. The number of hydrogen-bond donors (Lipinski definition) is 3. The van der Waals surface area contributed by atoms with Gasteiger partial charge in [0.15, 0.2) is 0 Å². The quantitative estimate of drug-likeness (QED) is 0.733. The first kappa shape index (κ1) is 15.1. The lowest BCUT2D eigenvalue weighted by atomic mass is 10.1. The molecule has 1 heterocycles. The Morgan fingerprint density at radius 2 is 2.10 bits per heavy atom. The first-order valence-electron chi connectivity index (χ1n) is 6.80. The van der Waals surface area contributed by atoms with Gasteiger partial charge in [0, 0.05) is 10.9 Å². The molecule has 1 aromatic carbocycles. The number of aromatic nitrogens is 1. The van der Waals surface area contributed by atoms with Gasteiger partial charge in [-0.1, -0.05) is 11.6 Å². The molecule has 0 atom stereocenters. The minimum atomic E-state index is -0.480. The number of hydrogen-bond acceptors (Lipinski definition) is 4. The number of amides is 1. The second-order valence-corrected chi connectivity index (χ2v) is 4.72. The van der Waals surface area contributed by atoms with Gasteiger partial charge in [0.25, 0.3) is 0 Å². The van der Waals surface area contributed by atoms with Gasteiger partial charge in [0.1, 0.15) is 5.69 Å². The Labute approximate surface area is 122 Å². The van der Waals surface area contributed by atoms with E-state index in [1.165, 1.54) is 0 Å². The van der Waals surface area contributed by atoms with Gasteiger partial charge in [-0.05, 0) is 33.0 Å². The van der Waals surface area contributed by atoms with Crippen LogP contribution in [0.2, 0.25) is 0 Å². The maximum Gasteiger partial charge on any atom is 0.356 e. The number of likely N-dealkylation sites (N-methyl/N-ethyl adjacent to an activating group) is 1. The van der Waals surface area contributed by atoms with Crippen LogP contribution < -0.4 is 10.6 Å². The molecule has 0 unspecified atom stereocenters. The molecule has 0 aliphatic rings. The van der Waals surface area contributed by atoms with Crippen LogP contribution in [-0.2, 0) is 9.53 Å². The van der Waals surface area contributed by atoms with E-state index in [4.69, 9.17) is 4.74 Å². The molecule has 2 rings (SSSR count).